The number of ether oxygens (including phenoxy) is 2. The lowest BCUT2D eigenvalue weighted by molar-refractivity contribution is 0.218. The highest BCUT2D eigenvalue weighted by Crippen LogP contribution is 2.45. The molecule has 1 spiro atoms. The van der Waals surface area contributed by atoms with Crippen molar-refractivity contribution in [2.75, 3.05) is 39.7 Å². The molecule has 0 bridgehead atoms. The zero-order valence-corrected chi connectivity index (χ0v) is 19.0. The maximum absolute atomic E-state index is 13.7. The number of methoxy groups -OCH3 is 2. The molecule has 1 aromatic carbocycles. The average Bonchev–Trinajstić information content (AvgIpc) is 3.18. The topological polar surface area (TPSA) is 65.4 Å². The van der Waals surface area contributed by atoms with Crippen LogP contribution in [0.2, 0.25) is 0 Å². The van der Waals surface area contributed by atoms with Gasteiger partial charge in [-0.1, -0.05) is 17.8 Å². The molecule has 1 aromatic heterocycles. The van der Waals surface area contributed by atoms with Crippen LogP contribution in [0.4, 0.5) is 0 Å². The highest BCUT2D eigenvalue weighted by Gasteiger charge is 2.44. The van der Waals surface area contributed by atoms with Crippen LogP contribution in [0.15, 0.2) is 40.8 Å². The first-order chi connectivity index (χ1) is 14.1. The number of fused-ring (bicyclic) bond motifs is 4. The van der Waals surface area contributed by atoms with Gasteiger partial charge in [-0.3, -0.25) is 9.36 Å². The van der Waals surface area contributed by atoms with Crippen LogP contribution in [0, 0.1) is 0 Å². The molecule has 0 amide bonds. The van der Waals surface area contributed by atoms with E-state index in [2.05, 4.69) is 18.0 Å². The molecule has 30 heavy (non-hydrogen) atoms. The first kappa shape index (κ1) is 22.9. The number of benzene rings is 1. The Bertz CT molecular complexity index is 986. The lowest BCUT2D eigenvalue weighted by atomic mass is 9.69. The molecule has 0 radical (unpaired) electrons. The lowest BCUT2D eigenvalue weighted by Gasteiger charge is -2.36. The van der Waals surface area contributed by atoms with Crippen LogP contribution in [-0.2, 0) is 23.1 Å². The summed E-state index contributed by atoms with van der Waals surface area (Å²) < 4.78 is 12.4. The molecule has 1 fully saturated rings. The van der Waals surface area contributed by atoms with E-state index in [-0.39, 0.29) is 23.4 Å². The standard InChI is InChI=1S/C22H27N3O3S.ClH/c1-4-9-25-20(26)18-19(24-21(25)29-11-10-27-2)17-6-5-16(28-3)12-15(17)13-22(18)7-8-23-14-22;/h4-6,12,23H,1,7-11,13-14H2,2-3H3;1H. The van der Waals surface area contributed by atoms with Crippen molar-refractivity contribution in [3.05, 3.63) is 52.3 Å². The highest BCUT2D eigenvalue weighted by atomic mass is 35.5. The van der Waals surface area contributed by atoms with Crippen molar-refractivity contribution in [2.45, 2.75) is 30.0 Å². The molecule has 1 unspecified atom stereocenters. The van der Waals surface area contributed by atoms with Gasteiger partial charge < -0.3 is 14.8 Å². The largest absolute Gasteiger partial charge is 0.497 e. The van der Waals surface area contributed by atoms with Crippen molar-refractivity contribution >= 4 is 24.2 Å². The van der Waals surface area contributed by atoms with Crippen LogP contribution in [0.5, 0.6) is 5.75 Å². The molecule has 4 rings (SSSR count). The molecule has 1 saturated heterocycles. The Morgan fingerprint density at radius 2 is 2.23 bits per heavy atom. The molecule has 0 saturated carbocycles. The van der Waals surface area contributed by atoms with Gasteiger partial charge in [0.25, 0.3) is 5.56 Å². The average molecular weight is 450 g/mol. The van der Waals surface area contributed by atoms with E-state index in [0.717, 1.165) is 59.4 Å². The minimum Gasteiger partial charge on any atom is -0.497 e. The third kappa shape index (κ3) is 3.91. The summed E-state index contributed by atoms with van der Waals surface area (Å²) in [6, 6.07) is 6.07. The second-order valence-electron chi connectivity index (χ2n) is 7.57. The number of nitrogens with one attached hydrogen (secondary N) is 1. The van der Waals surface area contributed by atoms with Gasteiger partial charge >= 0.3 is 0 Å². The molecule has 1 N–H and O–H groups in total. The van der Waals surface area contributed by atoms with Crippen LogP contribution in [0.1, 0.15) is 17.5 Å². The molecule has 6 nitrogen and oxygen atoms in total. The van der Waals surface area contributed by atoms with E-state index in [9.17, 15) is 4.79 Å². The summed E-state index contributed by atoms with van der Waals surface area (Å²) in [6.45, 7) is 6.60. The Labute approximate surface area is 187 Å². The Morgan fingerprint density at radius 1 is 1.40 bits per heavy atom. The molecule has 2 aliphatic rings. The Kier molecular flexibility index (Phi) is 7.29. The summed E-state index contributed by atoms with van der Waals surface area (Å²) in [5.74, 6) is 1.57. The van der Waals surface area contributed by atoms with Crippen molar-refractivity contribution < 1.29 is 9.47 Å². The minimum atomic E-state index is -0.225. The van der Waals surface area contributed by atoms with E-state index in [1.165, 1.54) is 5.56 Å². The molecule has 1 aliphatic carbocycles. The summed E-state index contributed by atoms with van der Waals surface area (Å²) in [5.41, 5.74) is 3.73. The van der Waals surface area contributed by atoms with Gasteiger partial charge in [-0.15, -0.1) is 19.0 Å². The van der Waals surface area contributed by atoms with Gasteiger partial charge in [-0.25, -0.2) is 4.98 Å². The highest BCUT2D eigenvalue weighted by molar-refractivity contribution is 7.99. The van der Waals surface area contributed by atoms with Crippen LogP contribution in [0.3, 0.4) is 0 Å². The van der Waals surface area contributed by atoms with E-state index in [0.29, 0.717) is 13.2 Å². The number of nitrogens with zero attached hydrogens (tertiary/aromatic N) is 2. The first-order valence-corrected chi connectivity index (χ1v) is 10.9. The quantitative estimate of drug-likeness (QED) is 0.303. The maximum atomic E-state index is 13.7. The van der Waals surface area contributed by atoms with E-state index in [4.69, 9.17) is 14.5 Å². The van der Waals surface area contributed by atoms with Crippen molar-refractivity contribution in [3.63, 3.8) is 0 Å². The fraction of sp³-hybridized carbons (Fsp3) is 0.455. The number of aromatic nitrogens is 2. The van der Waals surface area contributed by atoms with E-state index >= 15 is 0 Å². The summed E-state index contributed by atoms with van der Waals surface area (Å²) in [7, 11) is 3.36. The fourth-order valence-electron chi connectivity index (χ4n) is 4.46. The van der Waals surface area contributed by atoms with Crippen LogP contribution < -0.4 is 15.6 Å². The molecular weight excluding hydrogens is 422 g/mol. The van der Waals surface area contributed by atoms with E-state index in [1.54, 1.807) is 36.6 Å². The summed E-state index contributed by atoms with van der Waals surface area (Å²) in [4.78, 5) is 18.8. The molecule has 1 atom stereocenters. The van der Waals surface area contributed by atoms with Crippen LogP contribution >= 0.6 is 24.2 Å². The molecule has 2 heterocycles. The SMILES string of the molecule is C=CCn1c(SCCOC)nc2c(c1=O)C1(CCNC1)Cc1cc(OC)ccc1-2.Cl. The van der Waals surface area contributed by atoms with Crippen LogP contribution in [-0.4, -0.2) is 49.2 Å². The summed E-state index contributed by atoms with van der Waals surface area (Å²) in [5, 5.41) is 4.19. The third-order valence-corrected chi connectivity index (χ3v) is 6.78. The zero-order chi connectivity index (χ0) is 20.4. The van der Waals surface area contributed by atoms with E-state index < -0.39 is 0 Å². The summed E-state index contributed by atoms with van der Waals surface area (Å²) in [6.07, 6.45) is 3.51. The fourth-order valence-corrected chi connectivity index (χ4v) is 5.36. The van der Waals surface area contributed by atoms with Gasteiger partial charge in [0.2, 0.25) is 0 Å². The predicted molar refractivity (Wildman–Crippen MR) is 123 cm³/mol. The Morgan fingerprint density at radius 3 is 2.90 bits per heavy atom. The van der Waals surface area contributed by atoms with Crippen molar-refractivity contribution in [1.82, 2.24) is 14.9 Å². The monoisotopic (exact) mass is 449 g/mol. The van der Waals surface area contributed by atoms with Crippen molar-refractivity contribution in [3.8, 4) is 17.0 Å². The smallest absolute Gasteiger partial charge is 0.258 e. The zero-order valence-electron chi connectivity index (χ0n) is 17.4. The molecule has 2 aromatic rings. The van der Waals surface area contributed by atoms with Gasteiger partial charge in [0.1, 0.15) is 5.75 Å². The van der Waals surface area contributed by atoms with Gasteiger partial charge in [0, 0.05) is 36.9 Å². The number of halogens is 1. The summed E-state index contributed by atoms with van der Waals surface area (Å²) >= 11 is 1.55. The van der Waals surface area contributed by atoms with Gasteiger partial charge in [-0.05, 0) is 43.1 Å². The Hall–Kier alpha value is -1.80. The number of hydrogen-bond donors (Lipinski definition) is 1. The predicted octanol–water partition coefficient (Wildman–Crippen LogP) is 3.05. The molecule has 1 aliphatic heterocycles. The second-order valence-corrected chi connectivity index (χ2v) is 8.63. The third-order valence-electron chi connectivity index (χ3n) is 5.83. The number of hydrogen-bond acceptors (Lipinski definition) is 6. The minimum absolute atomic E-state index is 0. The Balaban J connectivity index is 0.00000256. The normalized spacial score (nSPS) is 19.1. The molecule has 8 heteroatoms. The molecule has 162 valence electrons. The lowest BCUT2D eigenvalue weighted by Crippen LogP contribution is -2.43. The van der Waals surface area contributed by atoms with Crippen molar-refractivity contribution in [1.29, 1.82) is 0 Å². The first-order valence-electron chi connectivity index (χ1n) is 9.89. The number of rotatable bonds is 7. The maximum Gasteiger partial charge on any atom is 0.258 e. The number of thioether (sulfide) groups is 1. The van der Waals surface area contributed by atoms with Gasteiger partial charge in [0.15, 0.2) is 5.16 Å². The van der Waals surface area contributed by atoms with E-state index in [1.807, 2.05) is 12.1 Å². The van der Waals surface area contributed by atoms with Crippen LogP contribution in [0.25, 0.3) is 11.3 Å². The van der Waals surface area contributed by atoms with Crippen molar-refractivity contribution in [2.24, 2.45) is 0 Å². The van der Waals surface area contributed by atoms with Gasteiger partial charge in [0.05, 0.1) is 25.0 Å². The number of allylic oxidation sites excluding steroid dienone is 1. The molecular formula is C22H28ClN3O3S. The van der Waals surface area contributed by atoms with Gasteiger partial charge in [-0.2, -0.15) is 0 Å². The second kappa shape index (κ2) is 9.56.